The Balaban J connectivity index is 2.26. The molecule has 1 heterocycles. The van der Waals surface area contributed by atoms with Crippen molar-refractivity contribution in [2.75, 3.05) is 26.7 Å². The number of ether oxygens (including phenoxy) is 1. The quantitative estimate of drug-likeness (QED) is 0.418. The Kier molecular flexibility index (Phi) is 7.31. The Morgan fingerprint density at radius 1 is 1.25 bits per heavy atom. The third kappa shape index (κ3) is 5.42. The summed E-state index contributed by atoms with van der Waals surface area (Å²) in [7, 11) is 1.28. The third-order valence-electron chi connectivity index (χ3n) is 4.24. The van der Waals surface area contributed by atoms with Gasteiger partial charge >= 0.3 is 11.6 Å². The maximum atomic E-state index is 13.0. The monoisotopic (exact) mass is 388 g/mol. The summed E-state index contributed by atoms with van der Waals surface area (Å²) in [5.41, 5.74) is -0.444. The summed E-state index contributed by atoms with van der Waals surface area (Å²) in [6.45, 7) is 3.76. The smallest absolute Gasteiger partial charge is 0.349 e. The molecule has 2 aromatic rings. The average molecular weight is 388 g/mol. The zero-order chi connectivity index (χ0) is 20.7. The van der Waals surface area contributed by atoms with Gasteiger partial charge in [-0.05, 0) is 18.6 Å². The van der Waals surface area contributed by atoms with E-state index in [9.17, 15) is 19.2 Å². The Labute approximate surface area is 162 Å². The van der Waals surface area contributed by atoms with E-state index < -0.39 is 23.4 Å². The van der Waals surface area contributed by atoms with Crippen molar-refractivity contribution in [3.8, 4) is 0 Å². The lowest BCUT2D eigenvalue weighted by Crippen LogP contribution is -2.40. The molecule has 1 N–H and O–H groups in total. The van der Waals surface area contributed by atoms with Crippen LogP contribution >= 0.6 is 0 Å². The highest BCUT2D eigenvalue weighted by molar-refractivity contribution is 5.96. The van der Waals surface area contributed by atoms with E-state index in [2.05, 4.69) is 5.32 Å². The van der Waals surface area contributed by atoms with E-state index in [4.69, 9.17) is 9.15 Å². The molecule has 8 nitrogen and oxygen atoms in total. The lowest BCUT2D eigenvalue weighted by molar-refractivity contribution is -0.145. The Hall–Kier alpha value is -3.16. The predicted octanol–water partition coefficient (Wildman–Crippen LogP) is 1.57. The molecule has 1 aromatic carbocycles. The summed E-state index contributed by atoms with van der Waals surface area (Å²) >= 11 is 0. The van der Waals surface area contributed by atoms with Crippen LogP contribution in [0.5, 0.6) is 0 Å². The van der Waals surface area contributed by atoms with Gasteiger partial charge in [-0.1, -0.05) is 25.1 Å². The minimum absolute atomic E-state index is 0.0812. The van der Waals surface area contributed by atoms with Crippen LogP contribution in [-0.2, 0) is 14.3 Å². The van der Waals surface area contributed by atoms with Gasteiger partial charge in [0.15, 0.2) is 0 Å². The van der Waals surface area contributed by atoms with Gasteiger partial charge in [0.1, 0.15) is 11.1 Å². The molecule has 1 unspecified atom stereocenters. The van der Waals surface area contributed by atoms with Crippen LogP contribution in [0.15, 0.2) is 39.5 Å². The molecule has 0 aliphatic rings. The number of amides is 2. The highest BCUT2D eigenvalue weighted by Crippen LogP contribution is 2.15. The number of nitrogens with one attached hydrogen (secondary N) is 1. The number of hydrogen-bond acceptors (Lipinski definition) is 6. The van der Waals surface area contributed by atoms with E-state index in [1.165, 1.54) is 25.0 Å². The summed E-state index contributed by atoms with van der Waals surface area (Å²) in [5.74, 6) is -1.72. The molecule has 2 amide bonds. The number of benzene rings is 1. The molecule has 1 aromatic heterocycles. The van der Waals surface area contributed by atoms with Crippen molar-refractivity contribution in [1.29, 1.82) is 0 Å². The first-order valence-electron chi connectivity index (χ1n) is 8.98. The van der Waals surface area contributed by atoms with Crippen molar-refractivity contribution >= 4 is 28.8 Å². The summed E-state index contributed by atoms with van der Waals surface area (Å²) in [5, 5.41) is 3.28. The predicted molar refractivity (Wildman–Crippen MR) is 103 cm³/mol. The molecule has 0 bridgehead atoms. The van der Waals surface area contributed by atoms with Gasteiger partial charge in [0.05, 0.1) is 13.0 Å². The van der Waals surface area contributed by atoms with Crippen LogP contribution in [0.3, 0.4) is 0 Å². The second kappa shape index (κ2) is 9.68. The van der Waals surface area contributed by atoms with Crippen LogP contribution in [0.2, 0.25) is 0 Å². The minimum atomic E-state index is -0.735. The molecule has 0 saturated heterocycles. The molecular weight excluding hydrogens is 364 g/mol. The van der Waals surface area contributed by atoms with E-state index in [0.29, 0.717) is 23.9 Å². The minimum Gasteiger partial charge on any atom is -0.469 e. The van der Waals surface area contributed by atoms with Gasteiger partial charge in [0, 0.05) is 31.9 Å². The van der Waals surface area contributed by atoms with Gasteiger partial charge < -0.3 is 19.4 Å². The number of hydrogen-bond donors (Lipinski definition) is 1. The Bertz CT molecular complexity index is 920. The van der Waals surface area contributed by atoms with Gasteiger partial charge in [0.25, 0.3) is 5.91 Å². The maximum Gasteiger partial charge on any atom is 0.349 e. The van der Waals surface area contributed by atoms with Crippen LogP contribution in [0.1, 0.15) is 30.6 Å². The Morgan fingerprint density at radius 2 is 1.96 bits per heavy atom. The van der Waals surface area contributed by atoms with Gasteiger partial charge in [0.2, 0.25) is 5.91 Å². The number of nitrogens with zero attached hydrogens (tertiary/aromatic N) is 1. The van der Waals surface area contributed by atoms with Crippen LogP contribution < -0.4 is 10.9 Å². The van der Waals surface area contributed by atoms with Crippen LogP contribution in [0, 0.1) is 5.92 Å². The molecule has 0 saturated carbocycles. The topological polar surface area (TPSA) is 106 Å². The van der Waals surface area contributed by atoms with Crippen LogP contribution in [0.4, 0.5) is 0 Å². The third-order valence-corrected chi connectivity index (χ3v) is 4.24. The zero-order valence-corrected chi connectivity index (χ0v) is 16.2. The molecule has 0 fully saturated rings. The molecule has 28 heavy (non-hydrogen) atoms. The van der Waals surface area contributed by atoms with Gasteiger partial charge in [-0.15, -0.1) is 0 Å². The first-order valence-corrected chi connectivity index (χ1v) is 8.98. The molecule has 8 heteroatoms. The molecular formula is C20H24N2O6. The van der Waals surface area contributed by atoms with E-state index in [0.717, 1.165) is 0 Å². The lowest BCUT2D eigenvalue weighted by Gasteiger charge is -2.25. The van der Waals surface area contributed by atoms with Crippen molar-refractivity contribution in [1.82, 2.24) is 10.2 Å². The second-order valence-electron chi connectivity index (χ2n) is 6.50. The van der Waals surface area contributed by atoms with Gasteiger partial charge in [-0.25, -0.2) is 4.79 Å². The lowest BCUT2D eigenvalue weighted by atomic mass is 10.1. The molecule has 0 aliphatic carbocycles. The number of carbonyl (C=O) groups is 3. The normalized spacial score (nSPS) is 11.7. The van der Waals surface area contributed by atoms with Crippen LogP contribution in [-0.4, -0.2) is 49.4 Å². The summed E-state index contributed by atoms with van der Waals surface area (Å²) in [4.78, 5) is 49.5. The summed E-state index contributed by atoms with van der Waals surface area (Å²) in [6.07, 6.45) is 0.470. The summed E-state index contributed by atoms with van der Waals surface area (Å²) in [6, 6.07) is 8.40. The summed E-state index contributed by atoms with van der Waals surface area (Å²) < 4.78 is 9.97. The van der Waals surface area contributed by atoms with Crippen molar-refractivity contribution in [3.63, 3.8) is 0 Å². The molecule has 1 atom stereocenters. The highest BCUT2D eigenvalue weighted by atomic mass is 16.5. The van der Waals surface area contributed by atoms with E-state index >= 15 is 0 Å². The number of esters is 1. The number of fused-ring (bicyclic) bond motifs is 1. The van der Waals surface area contributed by atoms with E-state index in [1.807, 2.05) is 0 Å². The first-order chi connectivity index (χ1) is 13.3. The van der Waals surface area contributed by atoms with E-state index in [1.54, 1.807) is 31.2 Å². The zero-order valence-electron chi connectivity index (χ0n) is 16.2. The molecule has 0 spiro atoms. The fraction of sp³-hybridized carbons (Fsp3) is 0.400. The maximum absolute atomic E-state index is 13.0. The number of methoxy groups -OCH3 is 1. The SMILES string of the molecule is COC(=O)C(C)CN(CCCNC(C)=O)C(=O)c1cc2ccccc2oc1=O. The largest absolute Gasteiger partial charge is 0.469 e. The standard InChI is InChI=1S/C20H24N2O6/c1-13(19(25)27-3)12-22(10-6-9-21-14(2)23)18(24)16-11-15-7-4-5-8-17(15)28-20(16)26/h4-5,7-8,11,13H,6,9-10,12H2,1-3H3,(H,21,23). The van der Waals surface area contributed by atoms with Crippen LogP contribution in [0.25, 0.3) is 11.0 Å². The first kappa shape index (κ1) is 21.1. The fourth-order valence-electron chi connectivity index (χ4n) is 2.80. The average Bonchev–Trinajstić information content (AvgIpc) is 2.68. The fourth-order valence-corrected chi connectivity index (χ4v) is 2.80. The van der Waals surface area contributed by atoms with Crippen molar-refractivity contribution in [2.45, 2.75) is 20.3 Å². The molecule has 2 rings (SSSR count). The molecule has 0 radical (unpaired) electrons. The van der Waals surface area contributed by atoms with Gasteiger partial charge in [-0.3, -0.25) is 14.4 Å². The molecule has 150 valence electrons. The number of carbonyl (C=O) groups excluding carboxylic acids is 3. The Morgan fingerprint density at radius 3 is 2.64 bits per heavy atom. The number of rotatable bonds is 8. The van der Waals surface area contributed by atoms with Crippen molar-refractivity contribution in [2.24, 2.45) is 5.92 Å². The second-order valence-corrected chi connectivity index (χ2v) is 6.50. The molecule has 0 aliphatic heterocycles. The number of para-hydroxylation sites is 1. The van der Waals surface area contributed by atoms with Crippen molar-refractivity contribution < 1.29 is 23.5 Å². The van der Waals surface area contributed by atoms with Crippen molar-refractivity contribution in [3.05, 3.63) is 46.3 Å². The highest BCUT2D eigenvalue weighted by Gasteiger charge is 2.25. The van der Waals surface area contributed by atoms with E-state index in [-0.39, 0.29) is 24.6 Å². The van der Waals surface area contributed by atoms with Gasteiger partial charge in [-0.2, -0.15) is 0 Å².